The lowest BCUT2D eigenvalue weighted by Gasteiger charge is -2.19. The average Bonchev–Trinajstić information content (AvgIpc) is 2.60. The van der Waals surface area contributed by atoms with E-state index in [1.54, 1.807) is 12.1 Å². The Morgan fingerprint density at radius 3 is 2.65 bits per heavy atom. The summed E-state index contributed by atoms with van der Waals surface area (Å²) in [7, 11) is 0. The number of nitrogens with one attached hydrogen (secondary N) is 1. The molecule has 0 fully saturated rings. The smallest absolute Gasteiger partial charge is 0.261 e. The molecule has 0 spiro atoms. The van der Waals surface area contributed by atoms with Crippen LogP contribution >= 0.6 is 11.3 Å². The fourth-order valence-corrected chi connectivity index (χ4v) is 2.51. The minimum atomic E-state index is -0.286. The van der Waals surface area contributed by atoms with Crippen molar-refractivity contribution in [2.75, 3.05) is 0 Å². The highest BCUT2D eigenvalue weighted by Gasteiger charge is 2.17. The van der Waals surface area contributed by atoms with Crippen molar-refractivity contribution in [3.8, 4) is 0 Å². The summed E-state index contributed by atoms with van der Waals surface area (Å²) in [5, 5.41) is 3.38. The van der Waals surface area contributed by atoms with E-state index in [-0.39, 0.29) is 17.3 Å². The number of carbonyl (C=O) groups is 1. The van der Waals surface area contributed by atoms with Gasteiger partial charge in [-0.25, -0.2) is 4.39 Å². The highest BCUT2D eigenvalue weighted by atomic mass is 32.1. The maximum absolute atomic E-state index is 13.5. The number of amides is 1. The maximum Gasteiger partial charge on any atom is 0.261 e. The van der Waals surface area contributed by atoms with Gasteiger partial charge in [0.15, 0.2) is 0 Å². The van der Waals surface area contributed by atoms with Gasteiger partial charge in [0.1, 0.15) is 5.82 Å². The molecule has 0 aliphatic rings. The first-order valence-corrected chi connectivity index (χ1v) is 6.19. The molecule has 4 heteroatoms. The normalized spacial score (nSPS) is 11.8. The number of benzene rings is 1. The number of fused-ring (bicyclic) bond motifs is 1. The van der Waals surface area contributed by atoms with E-state index in [0.717, 1.165) is 4.70 Å². The van der Waals surface area contributed by atoms with E-state index in [1.807, 2.05) is 26.8 Å². The molecule has 0 saturated carbocycles. The zero-order valence-electron chi connectivity index (χ0n) is 10.0. The van der Waals surface area contributed by atoms with Gasteiger partial charge in [-0.1, -0.05) is 6.07 Å². The van der Waals surface area contributed by atoms with Gasteiger partial charge in [0.2, 0.25) is 0 Å². The van der Waals surface area contributed by atoms with Crippen molar-refractivity contribution in [1.29, 1.82) is 0 Å². The van der Waals surface area contributed by atoms with E-state index >= 15 is 0 Å². The van der Waals surface area contributed by atoms with Crippen molar-refractivity contribution in [3.05, 3.63) is 35.0 Å². The summed E-state index contributed by atoms with van der Waals surface area (Å²) in [5.74, 6) is -0.438. The number of rotatable bonds is 1. The Kier molecular flexibility index (Phi) is 2.91. The van der Waals surface area contributed by atoms with Gasteiger partial charge < -0.3 is 5.32 Å². The highest BCUT2D eigenvalue weighted by molar-refractivity contribution is 7.20. The zero-order chi connectivity index (χ0) is 12.6. The number of hydrogen-bond donors (Lipinski definition) is 1. The topological polar surface area (TPSA) is 29.1 Å². The second-order valence-corrected chi connectivity index (χ2v) is 6.05. The lowest BCUT2D eigenvalue weighted by molar-refractivity contribution is 0.0924. The van der Waals surface area contributed by atoms with E-state index in [1.165, 1.54) is 17.4 Å². The predicted octanol–water partition coefficient (Wildman–Crippen LogP) is 3.57. The standard InChI is InChI=1S/C13H14FNOS/c1-13(2,3)15-12(16)11-7-8-9(14)5-4-6-10(8)17-11/h4-7H,1-3H3,(H,15,16). The second-order valence-electron chi connectivity index (χ2n) is 4.97. The molecule has 0 aliphatic heterocycles. The van der Waals surface area contributed by atoms with Crippen molar-refractivity contribution in [2.24, 2.45) is 0 Å². The Morgan fingerprint density at radius 1 is 1.35 bits per heavy atom. The summed E-state index contributed by atoms with van der Waals surface area (Å²) >= 11 is 1.31. The van der Waals surface area contributed by atoms with Crippen LogP contribution in [0.3, 0.4) is 0 Å². The molecule has 1 amide bonds. The molecule has 2 aromatic rings. The summed E-state index contributed by atoms with van der Waals surface area (Å²) in [5.41, 5.74) is -0.286. The third-order valence-electron chi connectivity index (χ3n) is 2.22. The lowest BCUT2D eigenvalue weighted by Crippen LogP contribution is -2.40. The first kappa shape index (κ1) is 12.0. The molecular weight excluding hydrogens is 237 g/mol. The fourth-order valence-electron chi connectivity index (χ4n) is 1.54. The maximum atomic E-state index is 13.5. The molecule has 1 aromatic carbocycles. The van der Waals surface area contributed by atoms with Crippen LogP contribution in [0.15, 0.2) is 24.3 Å². The molecule has 1 heterocycles. The number of thiophene rings is 1. The van der Waals surface area contributed by atoms with Gasteiger partial charge >= 0.3 is 0 Å². The zero-order valence-corrected chi connectivity index (χ0v) is 10.8. The van der Waals surface area contributed by atoms with Gasteiger partial charge in [-0.3, -0.25) is 4.79 Å². The molecule has 2 nitrogen and oxygen atoms in total. The summed E-state index contributed by atoms with van der Waals surface area (Å²) in [6, 6.07) is 6.48. The van der Waals surface area contributed by atoms with Gasteiger partial charge in [-0.2, -0.15) is 0 Å². The Bertz CT molecular complexity index is 568. The largest absolute Gasteiger partial charge is 0.347 e. The quantitative estimate of drug-likeness (QED) is 0.824. The van der Waals surface area contributed by atoms with E-state index < -0.39 is 0 Å². The van der Waals surface area contributed by atoms with Gasteiger partial charge in [0.05, 0.1) is 4.88 Å². The van der Waals surface area contributed by atoms with Crippen LogP contribution in [-0.2, 0) is 0 Å². The summed E-state index contributed by atoms with van der Waals surface area (Å²) in [6.45, 7) is 5.75. The van der Waals surface area contributed by atoms with Crippen LogP contribution in [-0.4, -0.2) is 11.4 Å². The van der Waals surface area contributed by atoms with E-state index in [4.69, 9.17) is 0 Å². The molecule has 2 rings (SSSR count). The third-order valence-corrected chi connectivity index (χ3v) is 3.32. The molecule has 0 saturated heterocycles. The number of hydrogen-bond acceptors (Lipinski definition) is 2. The Hall–Kier alpha value is -1.42. The predicted molar refractivity (Wildman–Crippen MR) is 69.0 cm³/mol. The highest BCUT2D eigenvalue weighted by Crippen LogP contribution is 2.27. The Morgan fingerprint density at radius 2 is 2.06 bits per heavy atom. The average molecular weight is 251 g/mol. The molecule has 90 valence electrons. The molecule has 0 aliphatic carbocycles. The van der Waals surface area contributed by atoms with Crippen LogP contribution in [0.1, 0.15) is 30.4 Å². The summed E-state index contributed by atoms with van der Waals surface area (Å²) < 4.78 is 14.3. The lowest BCUT2D eigenvalue weighted by atomic mass is 10.1. The first-order chi connectivity index (χ1) is 7.87. The molecule has 0 radical (unpaired) electrons. The monoisotopic (exact) mass is 251 g/mol. The number of carbonyl (C=O) groups excluding carboxylic acids is 1. The summed E-state index contributed by atoms with van der Waals surface area (Å²) in [4.78, 5) is 12.5. The van der Waals surface area contributed by atoms with Gasteiger partial charge in [-0.15, -0.1) is 11.3 Å². The molecule has 0 unspecified atom stereocenters. The summed E-state index contributed by atoms with van der Waals surface area (Å²) in [6.07, 6.45) is 0. The van der Waals surface area contributed by atoms with Gasteiger partial charge in [0.25, 0.3) is 5.91 Å². The van der Waals surface area contributed by atoms with Crippen LogP contribution in [0, 0.1) is 5.82 Å². The van der Waals surface area contributed by atoms with Crippen molar-refractivity contribution in [2.45, 2.75) is 26.3 Å². The van der Waals surface area contributed by atoms with Gasteiger partial charge in [-0.05, 0) is 39.0 Å². The number of halogens is 1. The van der Waals surface area contributed by atoms with Crippen molar-refractivity contribution >= 4 is 27.3 Å². The molecular formula is C13H14FNOS. The fraction of sp³-hybridized carbons (Fsp3) is 0.308. The van der Waals surface area contributed by atoms with Crippen LogP contribution in [0.25, 0.3) is 10.1 Å². The molecule has 17 heavy (non-hydrogen) atoms. The Balaban J connectivity index is 2.37. The van der Waals surface area contributed by atoms with Crippen molar-refractivity contribution in [3.63, 3.8) is 0 Å². The first-order valence-electron chi connectivity index (χ1n) is 5.37. The van der Waals surface area contributed by atoms with Crippen LogP contribution < -0.4 is 5.32 Å². The van der Waals surface area contributed by atoms with Crippen LogP contribution in [0.5, 0.6) is 0 Å². The van der Waals surface area contributed by atoms with E-state index in [9.17, 15) is 9.18 Å². The molecule has 0 atom stereocenters. The van der Waals surface area contributed by atoms with Crippen LogP contribution in [0.4, 0.5) is 4.39 Å². The van der Waals surface area contributed by atoms with E-state index in [2.05, 4.69) is 5.32 Å². The molecule has 0 bridgehead atoms. The minimum Gasteiger partial charge on any atom is -0.347 e. The van der Waals surface area contributed by atoms with E-state index in [0.29, 0.717) is 10.3 Å². The van der Waals surface area contributed by atoms with Crippen molar-refractivity contribution in [1.82, 2.24) is 5.32 Å². The van der Waals surface area contributed by atoms with Crippen molar-refractivity contribution < 1.29 is 9.18 Å². The van der Waals surface area contributed by atoms with Gasteiger partial charge in [0, 0.05) is 15.6 Å². The SMILES string of the molecule is CC(C)(C)NC(=O)c1cc2c(F)cccc2s1. The molecule has 1 N–H and O–H groups in total. The third kappa shape index (κ3) is 2.64. The van der Waals surface area contributed by atoms with Crippen LogP contribution in [0.2, 0.25) is 0 Å². The molecule has 1 aromatic heterocycles. The second kappa shape index (κ2) is 4.11. The Labute approximate surface area is 103 Å². The minimum absolute atomic E-state index is 0.155.